The number of carbonyl (C=O) groups is 1. The van der Waals surface area contributed by atoms with Crippen LogP contribution in [0.15, 0.2) is 27.4 Å². The number of rotatable bonds is 5. The third-order valence-electron chi connectivity index (χ3n) is 3.22. The summed E-state index contributed by atoms with van der Waals surface area (Å²) in [6, 6.07) is 4.87. The number of hydrogen-bond donors (Lipinski definition) is 2. The van der Waals surface area contributed by atoms with Crippen LogP contribution in [0.3, 0.4) is 0 Å². The Labute approximate surface area is 109 Å². The Balaban J connectivity index is 2.20. The van der Waals surface area contributed by atoms with Gasteiger partial charge < -0.3 is 14.8 Å². The molecule has 1 heterocycles. The zero-order valence-electron chi connectivity index (χ0n) is 10.8. The van der Waals surface area contributed by atoms with E-state index in [1.165, 1.54) is 4.57 Å². The summed E-state index contributed by atoms with van der Waals surface area (Å²) in [5, 5.41) is 11.7. The molecule has 0 saturated carbocycles. The fraction of sp³-hybridized carbons (Fsp3) is 0.385. The number of benzene rings is 1. The van der Waals surface area contributed by atoms with Crippen molar-refractivity contribution in [2.75, 3.05) is 7.05 Å². The van der Waals surface area contributed by atoms with Crippen LogP contribution in [0.2, 0.25) is 0 Å². The standard InChI is InChI=1S/C13H16N2O4/c1-14-9(12(16)17)5-3-8-4-6-11-10(7-8)15(2)13(18)19-11/h4,6-7,9,14H,3,5H2,1-2H3,(H,16,17). The molecular formula is C13H16N2O4. The van der Waals surface area contributed by atoms with Crippen molar-refractivity contribution < 1.29 is 14.3 Å². The number of aliphatic carboxylic acids is 1. The quantitative estimate of drug-likeness (QED) is 0.832. The van der Waals surface area contributed by atoms with Crippen LogP contribution in [0, 0.1) is 0 Å². The monoisotopic (exact) mass is 264 g/mol. The van der Waals surface area contributed by atoms with Crippen molar-refractivity contribution in [1.29, 1.82) is 0 Å². The highest BCUT2D eigenvalue weighted by Crippen LogP contribution is 2.15. The number of likely N-dealkylation sites (N-methyl/N-ethyl adjacent to an activating group) is 1. The van der Waals surface area contributed by atoms with E-state index in [0.717, 1.165) is 11.1 Å². The van der Waals surface area contributed by atoms with E-state index in [4.69, 9.17) is 9.52 Å². The first-order chi connectivity index (χ1) is 9.02. The molecule has 2 rings (SSSR count). The highest BCUT2D eigenvalue weighted by molar-refractivity contribution is 5.74. The average molecular weight is 264 g/mol. The summed E-state index contributed by atoms with van der Waals surface area (Å²) in [7, 11) is 3.27. The molecule has 0 saturated heterocycles. The molecule has 6 heteroatoms. The number of oxazole rings is 1. The van der Waals surface area contributed by atoms with Crippen molar-refractivity contribution in [1.82, 2.24) is 9.88 Å². The largest absolute Gasteiger partial charge is 0.480 e. The van der Waals surface area contributed by atoms with E-state index < -0.39 is 17.8 Å². The predicted octanol–water partition coefficient (Wildman–Crippen LogP) is 0.737. The molecule has 0 spiro atoms. The number of fused-ring (bicyclic) bond motifs is 1. The van der Waals surface area contributed by atoms with E-state index in [1.807, 2.05) is 12.1 Å². The minimum atomic E-state index is -0.862. The number of nitrogens with one attached hydrogen (secondary N) is 1. The summed E-state index contributed by atoms with van der Waals surface area (Å²) < 4.78 is 6.48. The predicted molar refractivity (Wildman–Crippen MR) is 70.3 cm³/mol. The molecule has 1 aromatic heterocycles. The molecule has 0 fully saturated rings. The highest BCUT2D eigenvalue weighted by Gasteiger charge is 2.14. The highest BCUT2D eigenvalue weighted by atomic mass is 16.4. The van der Waals surface area contributed by atoms with Crippen molar-refractivity contribution in [3.05, 3.63) is 34.3 Å². The zero-order chi connectivity index (χ0) is 14.0. The summed E-state index contributed by atoms with van der Waals surface area (Å²) in [6.07, 6.45) is 1.11. The van der Waals surface area contributed by atoms with Gasteiger partial charge in [0.25, 0.3) is 0 Å². The summed E-state index contributed by atoms with van der Waals surface area (Å²) in [5.41, 5.74) is 2.24. The van der Waals surface area contributed by atoms with Gasteiger partial charge in [0, 0.05) is 7.05 Å². The summed E-state index contributed by atoms with van der Waals surface area (Å²) in [5.74, 6) is -1.26. The van der Waals surface area contributed by atoms with Crippen molar-refractivity contribution in [2.24, 2.45) is 7.05 Å². The third-order valence-corrected chi connectivity index (χ3v) is 3.22. The summed E-state index contributed by atoms with van der Waals surface area (Å²) >= 11 is 0. The zero-order valence-corrected chi connectivity index (χ0v) is 10.8. The van der Waals surface area contributed by atoms with E-state index in [2.05, 4.69) is 5.32 Å². The first-order valence-corrected chi connectivity index (χ1v) is 6.01. The van der Waals surface area contributed by atoms with Crippen LogP contribution in [-0.2, 0) is 18.3 Å². The van der Waals surface area contributed by atoms with Crippen molar-refractivity contribution >= 4 is 17.1 Å². The fourth-order valence-corrected chi connectivity index (χ4v) is 2.03. The maximum Gasteiger partial charge on any atom is 0.419 e. The van der Waals surface area contributed by atoms with Gasteiger partial charge in [-0.05, 0) is 37.6 Å². The fourth-order valence-electron chi connectivity index (χ4n) is 2.03. The Morgan fingerprint density at radius 1 is 1.53 bits per heavy atom. The molecule has 0 bridgehead atoms. The molecule has 0 aliphatic heterocycles. The minimum Gasteiger partial charge on any atom is -0.480 e. The van der Waals surface area contributed by atoms with Crippen molar-refractivity contribution in [2.45, 2.75) is 18.9 Å². The van der Waals surface area contributed by atoms with Gasteiger partial charge in [-0.25, -0.2) is 4.79 Å². The molecule has 19 heavy (non-hydrogen) atoms. The van der Waals surface area contributed by atoms with Gasteiger partial charge in [-0.15, -0.1) is 0 Å². The maximum atomic E-state index is 11.4. The van der Waals surface area contributed by atoms with Gasteiger partial charge >= 0.3 is 11.7 Å². The molecule has 102 valence electrons. The van der Waals surface area contributed by atoms with Gasteiger partial charge in [0.2, 0.25) is 0 Å². The van der Waals surface area contributed by atoms with Crippen LogP contribution in [-0.4, -0.2) is 28.7 Å². The SMILES string of the molecule is CNC(CCc1ccc2oc(=O)n(C)c2c1)C(=O)O. The van der Waals surface area contributed by atoms with Gasteiger partial charge in [-0.2, -0.15) is 0 Å². The maximum absolute atomic E-state index is 11.4. The van der Waals surface area contributed by atoms with Crippen LogP contribution in [0.4, 0.5) is 0 Å². The van der Waals surface area contributed by atoms with E-state index in [9.17, 15) is 9.59 Å². The van der Waals surface area contributed by atoms with Crippen LogP contribution in [0.25, 0.3) is 11.1 Å². The van der Waals surface area contributed by atoms with Gasteiger partial charge in [0.05, 0.1) is 5.52 Å². The van der Waals surface area contributed by atoms with Crippen LogP contribution >= 0.6 is 0 Å². The second-order valence-electron chi connectivity index (χ2n) is 4.45. The molecule has 6 nitrogen and oxygen atoms in total. The topological polar surface area (TPSA) is 84.5 Å². The smallest absolute Gasteiger partial charge is 0.419 e. The number of aryl methyl sites for hydroxylation is 2. The lowest BCUT2D eigenvalue weighted by Crippen LogP contribution is -2.34. The van der Waals surface area contributed by atoms with E-state index >= 15 is 0 Å². The molecule has 2 aromatic rings. The lowest BCUT2D eigenvalue weighted by Gasteiger charge is -2.10. The van der Waals surface area contributed by atoms with Gasteiger partial charge in [0.1, 0.15) is 6.04 Å². The van der Waals surface area contributed by atoms with Crippen LogP contribution < -0.4 is 11.1 Å². The summed E-state index contributed by atoms with van der Waals surface area (Å²) in [4.78, 5) is 22.3. The second kappa shape index (κ2) is 5.27. The Morgan fingerprint density at radius 3 is 2.89 bits per heavy atom. The van der Waals surface area contributed by atoms with Crippen LogP contribution in [0.5, 0.6) is 0 Å². The van der Waals surface area contributed by atoms with Crippen molar-refractivity contribution in [3.8, 4) is 0 Å². The van der Waals surface area contributed by atoms with Gasteiger partial charge in [-0.1, -0.05) is 6.07 Å². The Kier molecular flexibility index (Phi) is 3.71. The molecule has 0 radical (unpaired) electrons. The Hall–Kier alpha value is -2.08. The Morgan fingerprint density at radius 2 is 2.26 bits per heavy atom. The van der Waals surface area contributed by atoms with Crippen LogP contribution in [0.1, 0.15) is 12.0 Å². The lowest BCUT2D eigenvalue weighted by molar-refractivity contribution is -0.139. The average Bonchev–Trinajstić information content (AvgIpc) is 2.66. The molecule has 2 N–H and O–H groups in total. The normalized spacial score (nSPS) is 12.7. The Bertz CT molecular complexity index is 656. The first-order valence-electron chi connectivity index (χ1n) is 6.01. The third kappa shape index (κ3) is 2.68. The molecule has 0 aliphatic rings. The summed E-state index contributed by atoms with van der Waals surface area (Å²) in [6.45, 7) is 0. The first kappa shape index (κ1) is 13.4. The van der Waals surface area contributed by atoms with E-state index in [0.29, 0.717) is 18.4 Å². The van der Waals surface area contributed by atoms with E-state index in [-0.39, 0.29) is 0 Å². The number of carboxylic acid groups (broad SMARTS) is 1. The molecule has 1 atom stereocenters. The van der Waals surface area contributed by atoms with Gasteiger partial charge in [-0.3, -0.25) is 9.36 Å². The van der Waals surface area contributed by atoms with E-state index in [1.54, 1.807) is 20.2 Å². The van der Waals surface area contributed by atoms with Crippen molar-refractivity contribution in [3.63, 3.8) is 0 Å². The number of hydrogen-bond acceptors (Lipinski definition) is 4. The molecule has 1 aromatic carbocycles. The molecule has 0 amide bonds. The lowest BCUT2D eigenvalue weighted by atomic mass is 10.0. The van der Waals surface area contributed by atoms with Gasteiger partial charge in [0.15, 0.2) is 5.58 Å². The number of nitrogens with zero attached hydrogens (tertiary/aromatic N) is 1. The molecule has 0 aliphatic carbocycles. The second-order valence-corrected chi connectivity index (χ2v) is 4.45. The molecular weight excluding hydrogens is 248 g/mol. The number of carboxylic acids is 1. The molecule has 1 unspecified atom stereocenters. The minimum absolute atomic E-state index is 0.397. The number of aromatic nitrogens is 1.